The maximum Gasteiger partial charge on any atom is 0.319 e. The lowest BCUT2D eigenvalue weighted by Crippen LogP contribution is -2.31. The first-order chi connectivity index (χ1) is 27.0. The van der Waals surface area contributed by atoms with Crippen LogP contribution in [0.1, 0.15) is 33.4 Å². The van der Waals surface area contributed by atoms with Gasteiger partial charge in [-0.25, -0.2) is 14.4 Å². The van der Waals surface area contributed by atoms with E-state index in [0.29, 0.717) is 56.3 Å². The Morgan fingerprint density at radius 1 is 0.345 bits per heavy atom. The normalized spacial score (nSPS) is 10.6. The molecule has 0 radical (unpaired) electrons. The van der Waals surface area contributed by atoms with E-state index in [1.807, 2.05) is 164 Å². The Hall–Kier alpha value is -6.91. The predicted octanol–water partition coefficient (Wildman–Crippen LogP) is 8.85. The third-order valence-corrected chi connectivity index (χ3v) is 8.87. The molecule has 278 valence electrons. The Morgan fingerprint density at radius 2 is 0.600 bits per heavy atom. The molecular formula is C45H45N7O3. The van der Waals surface area contributed by atoms with Gasteiger partial charge in [-0.05, 0) is 51.6 Å². The fourth-order valence-corrected chi connectivity index (χ4v) is 6.06. The highest BCUT2D eigenvalue weighted by Gasteiger charge is 2.17. The van der Waals surface area contributed by atoms with Crippen molar-refractivity contribution in [3.05, 3.63) is 197 Å². The summed E-state index contributed by atoms with van der Waals surface area (Å²) in [6, 6.07) is 51.4. The lowest BCUT2D eigenvalue weighted by molar-refractivity contribution is 0.246. The number of nitrogens with one attached hydrogen (secondary N) is 6. The summed E-state index contributed by atoms with van der Waals surface area (Å²) in [6.07, 6.45) is 0. The molecule has 0 saturated carbocycles. The molecule has 0 heterocycles. The molecule has 55 heavy (non-hydrogen) atoms. The molecule has 0 fully saturated rings. The van der Waals surface area contributed by atoms with Crippen LogP contribution in [0.5, 0.6) is 0 Å². The van der Waals surface area contributed by atoms with Gasteiger partial charge in [-0.1, -0.05) is 146 Å². The minimum absolute atomic E-state index is 0.310. The van der Waals surface area contributed by atoms with Gasteiger partial charge in [-0.2, -0.15) is 0 Å². The molecule has 10 heteroatoms. The maximum atomic E-state index is 13.1. The molecule has 6 N–H and O–H groups in total. The molecular weight excluding hydrogens is 687 g/mol. The average molecular weight is 732 g/mol. The molecule has 0 aliphatic carbocycles. The SMILES string of the molecule is O=C(NCc1ccccc1)Nc1ccccc1CN(Cc1ccccc1NC(=O)NCc1ccccc1)Cc1ccccc1NC(=O)NCc1ccccc1. The molecule has 6 rings (SSSR count). The molecule has 6 amide bonds. The van der Waals surface area contributed by atoms with E-state index in [1.54, 1.807) is 0 Å². The highest BCUT2D eigenvalue weighted by Crippen LogP contribution is 2.26. The van der Waals surface area contributed by atoms with Crippen LogP contribution >= 0.6 is 0 Å². The summed E-state index contributed by atoms with van der Waals surface area (Å²) >= 11 is 0. The van der Waals surface area contributed by atoms with Gasteiger partial charge < -0.3 is 31.9 Å². The van der Waals surface area contributed by atoms with E-state index in [4.69, 9.17) is 0 Å². The Balaban J connectivity index is 1.20. The number of rotatable bonds is 15. The van der Waals surface area contributed by atoms with Crippen molar-refractivity contribution in [2.45, 2.75) is 39.3 Å². The van der Waals surface area contributed by atoms with Crippen LogP contribution in [0.15, 0.2) is 164 Å². The van der Waals surface area contributed by atoms with Gasteiger partial charge in [-0.15, -0.1) is 0 Å². The average Bonchev–Trinajstić information content (AvgIpc) is 3.22. The first kappa shape index (κ1) is 37.8. The Labute approximate surface area is 322 Å². The first-order valence-corrected chi connectivity index (χ1v) is 18.2. The van der Waals surface area contributed by atoms with Gasteiger partial charge in [-0.3, -0.25) is 4.90 Å². The number of nitrogens with zero attached hydrogens (tertiary/aromatic N) is 1. The second kappa shape index (κ2) is 19.8. The van der Waals surface area contributed by atoms with Crippen LogP contribution in [0, 0.1) is 0 Å². The van der Waals surface area contributed by atoms with Crippen LogP contribution in [0.4, 0.5) is 31.4 Å². The predicted molar refractivity (Wildman–Crippen MR) is 219 cm³/mol. The summed E-state index contributed by atoms with van der Waals surface area (Å²) in [6.45, 7) is 2.51. The second-order valence-electron chi connectivity index (χ2n) is 13.0. The lowest BCUT2D eigenvalue weighted by Gasteiger charge is -2.26. The van der Waals surface area contributed by atoms with E-state index < -0.39 is 0 Å². The van der Waals surface area contributed by atoms with Crippen molar-refractivity contribution in [3.63, 3.8) is 0 Å². The van der Waals surface area contributed by atoms with Crippen molar-refractivity contribution in [1.82, 2.24) is 20.9 Å². The fourth-order valence-electron chi connectivity index (χ4n) is 6.06. The van der Waals surface area contributed by atoms with Crippen molar-refractivity contribution >= 4 is 35.2 Å². The number of para-hydroxylation sites is 3. The van der Waals surface area contributed by atoms with Gasteiger partial charge in [0.05, 0.1) is 0 Å². The quantitative estimate of drug-likeness (QED) is 0.0631. The molecule has 0 unspecified atom stereocenters. The Kier molecular flexibility index (Phi) is 13.6. The zero-order valence-corrected chi connectivity index (χ0v) is 30.5. The molecule has 6 aromatic carbocycles. The molecule has 0 atom stereocenters. The van der Waals surface area contributed by atoms with Crippen LogP contribution in [0.2, 0.25) is 0 Å². The van der Waals surface area contributed by atoms with Crippen LogP contribution in [0.25, 0.3) is 0 Å². The summed E-state index contributed by atoms with van der Waals surface area (Å²) in [4.78, 5) is 41.4. The van der Waals surface area contributed by atoms with Gasteiger partial charge in [0.15, 0.2) is 0 Å². The minimum Gasteiger partial charge on any atom is -0.334 e. The zero-order valence-electron chi connectivity index (χ0n) is 30.5. The molecule has 0 aliphatic heterocycles. The summed E-state index contributed by atoms with van der Waals surface area (Å²) in [5, 5.41) is 17.9. The number of carbonyl (C=O) groups is 3. The van der Waals surface area contributed by atoms with E-state index in [9.17, 15) is 14.4 Å². The minimum atomic E-state index is -0.310. The van der Waals surface area contributed by atoms with E-state index in [-0.39, 0.29) is 18.1 Å². The largest absolute Gasteiger partial charge is 0.334 e. The van der Waals surface area contributed by atoms with Crippen LogP contribution < -0.4 is 31.9 Å². The second-order valence-corrected chi connectivity index (χ2v) is 13.0. The number of amides is 6. The van der Waals surface area contributed by atoms with Crippen LogP contribution in [0.3, 0.4) is 0 Å². The van der Waals surface area contributed by atoms with Crippen LogP contribution in [-0.4, -0.2) is 23.0 Å². The van der Waals surface area contributed by atoms with Gasteiger partial charge in [0.25, 0.3) is 0 Å². The number of hydrogen-bond acceptors (Lipinski definition) is 4. The number of urea groups is 3. The number of anilines is 3. The third kappa shape index (κ3) is 12.1. The highest BCUT2D eigenvalue weighted by atomic mass is 16.2. The van der Waals surface area contributed by atoms with Crippen molar-refractivity contribution in [3.8, 4) is 0 Å². The van der Waals surface area contributed by atoms with Crippen molar-refractivity contribution in [2.24, 2.45) is 0 Å². The topological polar surface area (TPSA) is 127 Å². The third-order valence-electron chi connectivity index (χ3n) is 8.87. The van der Waals surface area contributed by atoms with E-state index >= 15 is 0 Å². The fraction of sp³-hybridized carbons (Fsp3) is 0.133. The van der Waals surface area contributed by atoms with Gasteiger partial charge in [0, 0.05) is 56.3 Å². The van der Waals surface area contributed by atoms with Crippen molar-refractivity contribution in [2.75, 3.05) is 16.0 Å². The number of benzene rings is 6. The van der Waals surface area contributed by atoms with Crippen LogP contribution in [-0.2, 0) is 39.3 Å². The summed E-state index contributed by atoms with van der Waals surface area (Å²) in [5.74, 6) is 0. The molecule has 0 aliphatic rings. The maximum absolute atomic E-state index is 13.1. The smallest absolute Gasteiger partial charge is 0.319 e. The zero-order chi connectivity index (χ0) is 38.1. The lowest BCUT2D eigenvalue weighted by atomic mass is 10.1. The molecule has 0 bridgehead atoms. The van der Waals surface area contributed by atoms with Crippen molar-refractivity contribution < 1.29 is 14.4 Å². The Morgan fingerprint density at radius 3 is 0.891 bits per heavy atom. The number of hydrogen-bond donors (Lipinski definition) is 6. The van der Waals surface area contributed by atoms with Crippen molar-refractivity contribution in [1.29, 1.82) is 0 Å². The van der Waals surface area contributed by atoms with E-state index in [0.717, 1.165) is 33.4 Å². The molecule has 10 nitrogen and oxygen atoms in total. The standard InChI is InChI=1S/C45H45N7O3/c53-43(46-28-34-16-4-1-5-17-34)49-40-25-13-10-22-37(40)31-52(32-38-23-11-14-26-41(38)50-44(54)47-29-35-18-6-2-7-19-35)33-39-24-12-15-27-42(39)51-45(55)48-30-36-20-8-3-9-21-36/h1-27H,28-33H2,(H2,46,49,53)(H2,47,50,54)(H2,48,51,55). The monoisotopic (exact) mass is 731 g/mol. The Bertz CT molecular complexity index is 1900. The molecule has 0 spiro atoms. The van der Waals surface area contributed by atoms with Gasteiger partial charge in [0.2, 0.25) is 0 Å². The van der Waals surface area contributed by atoms with E-state index in [1.165, 1.54) is 0 Å². The van der Waals surface area contributed by atoms with Gasteiger partial charge in [0.1, 0.15) is 0 Å². The molecule has 0 saturated heterocycles. The van der Waals surface area contributed by atoms with E-state index in [2.05, 4.69) is 36.8 Å². The number of carbonyl (C=O) groups excluding carboxylic acids is 3. The summed E-state index contributed by atoms with van der Waals surface area (Å²) < 4.78 is 0. The molecule has 0 aromatic heterocycles. The molecule has 6 aromatic rings. The first-order valence-electron chi connectivity index (χ1n) is 18.2. The van der Waals surface area contributed by atoms with Gasteiger partial charge >= 0.3 is 18.1 Å². The summed E-state index contributed by atoms with van der Waals surface area (Å²) in [5.41, 5.74) is 7.72. The highest BCUT2D eigenvalue weighted by molar-refractivity contribution is 5.91. The summed E-state index contributed by atoms with van der Waals surface area (Å²) in [7, 11) is 0.